The van der Waals surface area contributed by atoms with E-state index in [-0.39, 0.29) is 21.7 Å². The summed E-state index contributed by atoms with van der Waals surface area (Å²) in [4.78, 5) is 4.52. The first-order valence-electron chi connectivity index (χ1n) is 14.2. The van der Waals surface area contributed by atoms with Crippen LogP contribution in [0, 0.1) is 10.8 Å². The van der Waals surface area contributed by atoms with E-state index >= 15 is 0 Å². The van der Waals surface area contributed by atoms with E-state index in [4.69, 9.17) is 0 Å². The number of rotatable bonds is 11. The van der Waals surface area contributed by atoms with Crippen molar-refractivity contribution in [2.75, 3.05) is 27.2 Å². The number of phenolic OH excluding ortho intramolecular Hbond substituents is 2. The molecule has 4 nitrogen and oxygen atoms in total. The molecule has 2 rings (SSSR count). The minimum Gasteiger partial charge on any atom is -0.508 e. The molecule has 4 heteroatoms. The summed E-state index contributed by atoms with van der Waals surface area (Å²) >= 11 is 0. The molecular weight excluding hydrogens is 468 g/mol. The van der Waals surface area contributed by atoms with Gasteiger partial charge in [0.05, 0.1) is 0 Å². The van der Waals surface area contributed by atoms with Crippen LogP contribution in [-0.4, -0.2) is 47.2 Å². The Kier molecular flexibility index (Phi) is 10.2. The highest BCUT2D eigenvalue weighted by Crippen LogP contribution is 2.39. The van der Waals surface area contributed by atoms with E-state index < -0.39 is 0 Å². The zero-order chi connectivity index (χ0) is 29.1. The molecule has 0 spiro atoms. The molecule has 0 unspecified atom stereocenters. The predicted octanol–water partition coefficient (Wildman–Crippen LogP) is 8.09. The highest BCUT2D eigenvalue weighted by Gasteiger charge is 2.29. The number of phenols is 2. The minimum atomic E-state index is 0.0392. The van der Waals surface area contributed by atoms with Crippen molar-refractivity contribution < 1.29 is 10.2 Å². The Bertz CT molecular complexity index is 972. The number of likely N-dealkylation sites (N-methyl/N-ethyl adjacent to an activating group) is 2. The van der Waals surface area contributed by atoms with Crippen LogP contribution in [0.25, 0.3) is 0 Å². The van der Waals surface area contributed by atoms with E-state index in [9.17, 15) is 10.2 Å². The Balaban J connectivity index is 2.04. The summed E-state index contributed by atoms with van der Waals surface area (Å²) in [6, 6.07) is 12.2. The number of benzene rings is 2. The second-order valence-electron chi connectivity index (χ2n) is 15.4. The lowest BCUT2D eigenvalue weighted by Crippen LogP contribution is -2.31. The van der Waals surface area contributed by atoms with Crippen molar-refractivity contribution in [2.45, 2.75) is 106 Å². The molecule has 0 aromatic heterocycles. The Morgan fingerprint density at radius 3 is 1.16 bits per heavy atom. The van der Waals surface area contributed by atoms with Crippen molar-refractivity contribution in [3.05, 3.63) is 58.7 Å². The average molecular weight is 525 g/mol. The highest BCUT2D eigenvalue weighted by molar-refractivity contribution is 5.40. The molecule has 0 heterocycles. The van der Waals surface area contributed by atoms with Crippen LogP contribution in [0.3, 0.4) is 0 Å². The van der Waals surface area contributed by atoms with Gasteiger partial charge in [0, 0.05) is 37.3 Å². The lowest BCUT2D eigenvalue weighted by atomic mass is 9.72. The standard InChI is InChI=1S/C34H56N2O2/c1-31(2,3)23-33(7,8)27-13-15-29(37)25(19-27)21-35(11)17-18-36(12)22-26-20-28(14-16-30(26)38)34(9,10)24-32(4,5)6/h13-16,19-20,37-38H,17-18,21-24H2,1-12H3. The van der Waals surface area contributed by atoms with E-state index in [1.165, 1.54) is 11.1 Å². The van der Waals surface area contributed by atoms with Gasteiger partial charge in [-0.3, -0.25) is 0 Å². The molecule has 2 aromatic carbocycles. The molecule has 2 N–H and O–H groups in total. The van der Waals surface area contributed by atoms with Gasteiger partial charge in [-0.15, -0.1) is 0 Å². The van der Waals surface area contributed by atoms with Gasteiger partial charge in [0.2, 0.25) is 0 Å². The van der Waals surface area contributed by atoms with Crippen molar-refractivity contribution in [3.63, 3.8) is 0 Å². The van der Waals surface area contributed by atoms with E-state index in [1.807, 2.05) is 12.1 Å². The van der Waals surface area contributed by atoms with Crippen LogP contribution in [0.4, 0.5) is 0 Å². The third-order valence-corrected chi connectivity index (χ3v) is 7.41. The lowest BCUT2D eigenvalue weighted by Gasteiger charge is -2.33. The molecule has 0 aliphatic heterocycles. The zero-order valence-electron chi connectivity index (χ0n) is 26.5. The Morgan fingerprint density at radius 2 is 0.868 bits per heavy atom. The van der Waals surface area contributed by atoms with Gasteiger partial charge in [0.1, 0.15) is 11.5 Å². The minimum absolute atomic E-state index is 0.0392. The topological polar surface area (TPSA) is 46.9 Å². The molecule has 0 aliphatic rings. The van der Waals surface area contributed by atoms with Crippen LogP contribution in [-0.2, 0) is 23.9 Å². The fourth-order valence-corrected chi connectivity index (χ4v) is 6.20. The van der Waals surface area contributed by atoms with Crippen LogP contribution in [0.1, 0.15) is 104 Å². The van der Waals surface area contributed by atoms with Crippen molar-refractivity contribution in [2.24, 2.45) is 10.8 Å². The van der Waals surface area contributed by atoms with Gasteiger partial charge < -0.3 is 20.0 Å². The predicted molar refractivity (Wildman–Crippen MR) is 163 cm³/mol. The zero-order valence-corrected chi connectivity index (χ0v) is 26.5. The fraction of sp³-hybridized carbons (Fsp3) is 0.647. The molecule has 0 fully saturated rings. The molecule has 214 valence electrons. The van der Waals surface area contributed by atoms with Gasteiger partial charge in [0.15, 0.2) is 0 Å². The Labute approximate surface area is 234 Å². The number of aromatic hydroxyl groups is 2. The molecule has 0 radical (unpaired) electrons. The Hall–Kier alpha value is -2.04. The maximum Gasteiger partial charge on any atom is 0.120 e. The van der Waals surface area contributed by atoms with Crippen LogP contribution < -0.4 is 0 Å². The molecule has 0 atom stereocenters. The van der Waals surface area contributed by atoms with E-state index in [0.29, 0.717) is 24.6 Å². The summed E-state index contributed by atoms with van der Waals surface area (Å²) in [6.07, 6.45) is 2.15. The van der Waals surface area contributed by atoms with Crippen LogP contribution in [0.15, 0.2) is 36.4 Å². The quantitative estimate of drug-likeness (QED) is 0.312. The summed E-state index contributed by atoms with van der Waals surface area (Å²) in [5.74, 6) is 0.722. The number of hydrogen-bond acceptors (Lipinski definition) is 4. The highest BCUT2D eigenvalue weighted by atomic mass is 16.3. The van der Waals surface area contributed by atoms with Crippen LogP contribution >= 0.6 is 0 Å². The second kappa shape index (κ2) is 12.0. The smallest absolute Gasteiger partial charge is 0.120 e. The largest absolute Gasteiger partial charge is 0.508 e. The van der Waals surface area contributed by atoms with Gasteiger partial charge in [-0.2, -0.15) is 0 Å². The van der Waals surface area contributed by atoms with E-state index in [2.05, 4.69) is 117 Å². The Morgan fingerprint density at radius 1 is 0.553 bits per heavy atom. The lowest BCUT2D eigenvalue weighted by molar-refractivity contribution is 0.243. The number of hydrogen-bond donors (Lipinski definition) is 2. The van der Waals surface area contributed by atoms with Crippen molar-refractivity contribution >= 4 is 0 Å². The first kappa shape index (κ1) is 32.2. The van der Waals surface area contributed by atoms with Crippen LogP contribution in [0.2, 0.25) is 0 Å². The normalized spacial score (nSPS) is 13.5. The third-order valence-electron chi connectivity index (χ3n) is 7.41. The molecule has 0 saturated carbocycles. The van der Waals surface area contributed by atoms with Crippen molar-refractivity contribution in [1.29, 1.82) is 0 Å². The second-order valence-corrected chi connectivity index (χ2v) is 15.4. The van der Waals surface area contributed by atoms with E-state index in [0.717, 1.165) is 37.1 Å². The SMILES string of the molecule is CN(CCN(C)Cc1cc(C(C)(C)CC(C)(C)C)ccc1O)Cc1cc(C(C)(C)CC(C)(C)C)ccc1O. The van der Waals surface area contributed by atoms with Crippen LogP contribution in [0.5, 0.6) is 11.5 Å². The number of nitrogens with zero attached hydrogens (tertiary/aromatic N) is 2. The first-order chi connectivity index (χ1) is 17.2. The molecular formula is C34H56N2O2. The maximum atomic E-state index is 10.6. The van der Waals surface area contributed by atoms with Gasteiger partial charge in [-0.1, -0.05) is 93.5 Å². The van der Waals surface area contributed by atoms with Gasteiger partial charge in [-0.05, 0) is 71.9 Å². The van der Waals surface area contributed by atoms with Gasteiger partial charge in [-0.25, -0.2) is 0 Å². The summed E-state index contributed by atoms with van der Waals surface area (Å²) in [6.45, 7) is 26.0. The summed E-state index contributed by atoms with van der Waals surface area (Å²) in [5, 5.41) is 21.2. The molecule has 38 heavy (non-hydrogen) atoms. The van der Waals surface area contributed by atoms with E-state index in [1.54, 1.807) is 0 Å². The summed E-state index contributed by atoms with van der Waals surface area (Å²) < 4.78 is 0. The molecule has 0 saturated heterocycles. The molecule has 0 bridgehead atoms. The fourth-order valence-electron chi connectivity index (χ4n) is 6.20. The molecule has 2 aromatic rings. The maximum absolute atomic E-state index is 10.6. The van der Waals surface area contributed by atoms with Crippen molar-refractivity contribution in [3.8, 4) is 11.5 Å². The van der Waals surface area contributed by atoms with Gasteiger partial charge >= 0.3 is 0 Å². The average Bonchev–Trinajstić information content (AvgIpc) is 2.71. The third kappa shape index (κ3) is 9.93. The first-order valence-corrected chi connectivity index (χ1v) is 14.2. The monoisotopic (exact) mass is 524 g/mol. The molecule has 0 aliphatic carbocycles. The molecule has 0 amide bonds. The summed E-state index contributed by atoms with van der Waals surface area (Å²) in [5.41, 5.74) is 5.04. The van der Waals surface area contributed by atoms with Crippen molar-refractivity contribution in [1.82, 2.24) is 9.80 Å². The summed E-state index contributed by atoms with van der Waals surface area (Å²) in [7, 11) is 4.21. The van der Waals surface area contributed by atoms with Gasteiger partial charge in [0.25, 0.3) is 0 Å².